The van der Waals surface area contributed by atoms with Gasteiger partial charge in [0.1, 0.15) is 0 Å². The van der Waals surface area contributed by atoms with Gasteiger partial charge in [0, 0.05) is 22.5 Å². The highest BCUT2D eigenvalue weighted by atomic mass is 15.1. The zero-order chi connectivity index (χ0) is 33.1. The quantitative estimate of drug-likeness (QED) is 0.189. The van der Waals surface area contributed by atoms with Gasteiger partial charge in [0.15, 0.2) is 0 Å². The lowest BCUT2D eigenvalue weighted by Gasteiger charge is -2.61. The van der Waals surface area contributed by atoms with Gasteiger partial charge >= 0.3 is 0 Å². The highest BCUT2D eigenvalue weighted by molar-refractivity contribution is 5.92. The second kappa shape index (κ2) is 10.5. The third kappa shape index (κ3) is 4.24. The Morgan fingerprint density at radius 3 is 1.71 bits per heavy atom. The molecule has 0 aromatic heterocycles. The van der Waals surface area contributed by atoms with Gasteiger partial charge in [0.05, 0.1) is 0 Å². The number of rotatable bonds is 4. The molecule has 0 unspecified atom stereocenters. The van der Waals surface area contributed by atoms with Crippen LogP contribution in [-0.4, -0.2) is 0 Å². The van der Waals surface area contributed by atoms with Gasteiger partial charge in [0.25, 0.3) is 0 Å². The van der Waals surface area contributed by atoms with Crippen molar-refractivity contribution in [2.75, 3.05) is 4.90 Å². The summed E-state index contributed by atoms with van der Waals surface area (Å²) in [6.45, 7) is 9.74. The molecule has 0 radical (unpaired) electrons. The number of fused-ring (bicyclic) bond motifs is 4. The molecule has 0 saturated heterocycles. The van der Waals surface area contributed by atoms with E-state index in [-0.39, 0.29) is 16.2 Å². The summed E-state index contributed by atoms with van der Waals surface area (Å²) >= 11 is 0. The summed E-state index contributed by atoms with van der Waals surface area (Å²) in [6.07, 6.45) is 9.51. The zero-order valence-electron chi connectivity index (χ0n) is 29.7. The second-order valence-electron chi connectivity index (χ2n) is 17.7. The van der Waals surface area contributed by atoms with Crippen molar-refractivity contribution in [3.05, 3.63) is 138 Å². The van der Waals surface area contributed by atoms with Gasteiger partial charge in [-0.25, -0.2) is 0 Å². The van der Waals surface area contributed by atoms with Crippen LogP contribution in [0, 0.1) is 23.7 Å². The topological polar surface area (TPSA) is 3.24 Å². The van der Waals surface area contributed by atoms with Crippen molar-refractivity contribution in [1.82, 2.24) is 0 Å². The van der Waals surface area contributed by atoms with E-state index in [1.54, 1.807) is 11.1 Å². The summed E-state index contributed by atoms with van der Waals surface area (Å²) in [6, 6.07) is 44.6. The first kappa shape index (κ1) is 29.8. The molecule has 0 atom stereocenters. The van der Waals surface area contributed by atoms with E-state index < -0.39 is 0 Å². The van der Waals surface area contributed by atoms with Crippen LogP contribution in [0.4, 0.5) is 17.1 Å². The first-order chi connectivity index (χ1) is 23.7. The molecule has 4 saturated carbocycles. The third-order valence-electron chi connectivity index (χ3n) is 14.1. The molecule has 1 nitrogen and oxygen atoms in total. The second-order valence-corrected chi connectivity index (χ2v) is 17.7. The molecule has 5 aromatic rings. The molecule has 6 aliphatic carbocycles. The van der Waals surface area contributed by atoms with E-state index >= 15 is 0 Å². The minimum absolute atomic E-state index is 0.113. The van der Waals surface area contributed by atoms with Crippen molar-refractivity contribution < 1.29 is 0 Å². The Hall–Kier alpha value is -4.10. The Labute approximate surface area is 293 Å². The van der Waals surface area contributed by atoms with Crippen molar-refractivity contribution in [3.63, 3.8) is 0 Å². The number of hydrogen-bond acceptors (Lipinski definition) is 1. The highest BCUT2D eigenvalue weighted by Gasteiger charge is 2.62. The minimum Gasteiger partial charge on any atom is -0.310 e. The first-order valence-electron chi connectivity index (χ1n) is 19.1. The standard InChI is InChI=1S/C48H49N/c1-46(2)22-23-47(3,4)44-30-38(19-21-43(44)46)49(36-14-9-6-10-15-36)37-18-20-42-41(29-37)40-17-11-16-39(33-12-7-5-8-13-33)45(40)48(42)34-25-31-24-32(27-34)28-35(48)26-31/h5-21,29-32,34-35H,22-28H2,1-4H3. The van der Waals surface area contributed by atoms with Crippen LogP contribution in [0.3, 0.4) is 0 Å². The largest absolute Gasteiger partial charge is 0.310 e. The molecule has 6 aliphatic rings. The van der Waals surface area contributed by atoms with Crippen LogP contribution in [0.5, 0.6) is 0 Å². The number of para-hydroxylation sites is 1. The van der Waals surface area contributed by atoms with Gasteiger partial charge < -0.3 is 4.90 Å². The van der Waals surface area contributed by atoms with Crippen molar-refractivity contribution in [3.8, 4) is 22.3 Å². The Morgan fingerprint density at radius 2 is 1.04 bits per heavy atom. The molecule has 1 spiro atoms. The molecule has 246 valence electrons. The van der Waals surface area contributed by atoms with Gasteiger partial charge in [-0.2, -0.15) is 0 Å². The van der Waals surface area contributed by atoms with E-state index in [4.69, 9.17) is 0 Å². The molecule has 1 heteroatoms. The number of hydrogen-bond donors (Lipinski definition) is 0. The maximum atomic E-state index is 2.59. The van der Waals surface area contributed by atoms with Crippen LogP contribution in [0.2, 0.25) is 0 Å². The van der Waals surface area contributed by atoms with Crippen LogP contribution < -0.4 is 4.90 Å². The Bertz CT molecular complexity index is 2060. The van der Waals surface area contributed by atoms with Gasteiger partial charge in [-0.3, -0.25) is 0 Å². The van der Waals surface area contributed by atoms with Gasteiger partial charge in [-0.05, 0) is 160 Å². The van der Waals surface area contributed by atoms with E-state index in [1.165, 1.54) is 95.4 Å². The number of benzene rings is 5. The third-order valence-corrected chi connectivity index (χ3v) is 14.1. The van der Waals surface area contributed by atoms with Crippen LogP contribution in [0.15, 0.2) is 115 Å². The Morgan fingerprint density at radius 1 is 0.469 bits per heavy atom. The van der Waals surface area contributed by atoms with Crippen molar-refractivity contribution in [2.24, 2.45) is 23.7 Å². The lowest BCUT2D eigenvalue weighted by atomic mass is 9.42. The maximum absolute atomic E-state index is 2.59. The van der Waals surface area contributed by atoms with Gasteiger partial charge in [0.2, 0.25) is 0 Å². The lowest BCUT2D eigenvalue weighted by Crippen LogP contribution is -2.55. The fraction of sp³-hybridized carbons (Fsp3) is 0.375. The van der Waals surface area contributed by atoms with E-state index in [9.17, 15) is 0 Å². The average molecular weight is 640 g/mol. The van der Waals surface area contributed by atoms with Crippen LogP contribution in [0.25, 0.3) is 22.3 Å². The van der Waals surface area contributed by atoms with Crippen molar-refractivity contribution >= 4 is 17.1 Å². The zero-order valence-corrected chi connectivity index (χ0v) is 29.7. The molecular weight excluding hydrogens is 591 g/mol. The Balaban J connectivity index is 1.20. The summed E-state index contributed by atoms with van der Waals surface area (Å²) in [5, 5.41) is 0. The van der Waals surface area contributed by atoms with E-state index in [1.807, 2.05) is 0 Å². The number of nitrogens with zero attached hydrogens (tertiary/aromatic N) is 1. The maximum Gasteiger partial charge on any atom is 0.0468 e. The van der Waals surface area contributed by atoms with Crippen LogP contribution in [-0.2, 0) is 16.2 Å². The Kier molecular flexibility index (Phi) is 6.36. The van der Waals surface area contributed by atoms with Crippen molar-refractivity contribution in [2.45, 2.75) is 88.9 Å². The van der Waals surface area contributed by atoms with Crippen molar-refractivity contribution in [1.29, 1.82) is 0 Å². The molecule has 4 fully saturated rings. The number of anilines is 3. The van der Waals surface area contributed by atoms with Gasteiger partial charge in [-0.15, -0.1) is 0 Å². The molecular formula is C48H49N. The summed E-state index contributed by atoms with van der Waals surface area (Å²) < 4.78 is 0. The fourth-order valence-electron chi connectivity index (χ4n) is 12.0. The summed E-state index contributed by atoms with van der Waals surface area (Å²) in [4.78, 5) is 2.53. The summed E-state index contributed by atoms with van der Waals surface area (Å²) in [5.41, 5.74) is 16.3. The van der Waals surface area contributed by atoms with Crippen LogP contribution >= 0.6 is 0 Å². The summed E-state index contributed by atoms with van der Waals surface area (Å²) in [5.74, 6) is 3.32. The molecule has 0 heterocycles. The highest BCUT2D eigenvalue weighted by Crippen LogP contribution is 2.70. The minimum atomic E-state index is 0.113. The van der Waals surface area contributed by atoms with E-state index in [2.05, 4.69) is 148 Å². The van der Waals surface area contributed by atoms with Gasteiger partial charge in [-0.1, -0.05) is 107 Å². The molecule has 5 aromatic carbocycles. The van der Waals surface area contributed by atoms with Crippen LogP contribution in [0.1, 0.15) is 94.9 Å². The van der Waals surface area contributed by atoms with E-state index in [0.717, 1.165) is 23.7 Å². The molecule has 4 bridgehead atoms. The fourth-order valence-corrected chi connectivity index (χ4v) is 12.0. The van der Waals surface area contributed by atoms with E-state index in [0.29, 0.717) is 0 Å². The predicted molar refractivity (Wildman–Crippen MR) is 205 cm³/mol. The molecule has 49 heavy (non-hydrogen) atoms. The smallest absolute Gasteiger partial charge is 0.0468 e. The average Bonchev–Trinajstić information content (AvgIpc) is 3.40. The molecule has 0 aliphatic heterocycles. The normalized spacial score (nSPS) is 27.8. The molecule has 0 N–H and O–H groups in total. The molecule has 11 rings (SSSR count). The first-order valence-corrected chi connectivity index (χ1v) is 19.1. The summed E-state index contributed by atoms with van der Waals surface area (Å²) in [7, 11) is 0. The lowest BCUT2D eigenvalue weighted by molar-refractivity contribution is -0.0397. The molecule has 0 amide bonds. The predicted octanol–water partition coefficient (Wildman–Crippen LogP) is 12.9. The SMILES string of the molecule is CC1(C)CCC(C)(C)c2cc(N(c3ccccc3)c3ccc4c(c3)-c3cccc(-c5ccccc5)c3C43C4CC5CC(C4)CC3C5)ccc21. The monoisotopic (exact) mass is 639 g/mol.